The van der Waals surface area contributed by atoms with Crippen molar-refractivity contribution >= 4 is 6.08 Å². The third kappa shape index (κ3) is 4.63. The standard InChI is InChI=1S/C18H25FN2O/c19-18-5-3-16(4-6-18)2-1-8-20-9-11-21(12-10-20)14-17-7-13-22-15-17/h1-6,17H,7-15H2. The summed E-state index contributed by atoms with van der Waals surface area (Å²) in [6, 6.07) is 6.64. The molecule has 2 fully saturated rings. The molecular formula is C18H25FN2O. The van der Waals surface area contributed by atoms with E-state index < -0.39 is 0 Å². The van der Waals surface area contributed by atoms with Gasteiger partial charge in [0, 0.05) is 45.9 Å². The summed E-state index contributed by atoms with van der Waals surface area (Å²) < 4.78 is 18.3. The molecule has 1 unspecified atom stereocenters. The first-order valence-corrected chi connectivity index (χ1v) is 8.24. The fourth-order valence-corrected chi connectivity index (χ4v) is 3.16. The van der Waals surface area contributed by atoms with Gasteiger partial charge in [-0.25, -0.2) is 4.39 Å². The average Bonchev–Trinajstić information content (AvgIpc) is 3.04. The van der Waals surface area contributed by atoms with Crippen LogP contribution in [0.15, 0.2) is 30.3 Å². The van der Waals surface area contributed by atoms with Crippen molar-refractivity contribution in [3.8, 4) is 0 Å². The molecule has 0 radical (unpaired) electrons. The first kappa shape index (κ1) is 15.7. The fraction of sp³-hybridized carbons (Fsp3) is 0.556. The van der Waals surface area contributed by atoms with Gasteiger partial charge in [-0.15, -0.1) is 0 Å². The highest BCUT2D eigenvalue weighted by atomic mass is 19.1. The molecule has 1 aromatic carbocycles. The number of halogens is 1. The lowest BCUT2D eigenvalue weighted by molar-refractivity contribution is 0.117. The Bertz CT molecular complexity index is 474. The molecule has 0 bridgehead atoms. The maximum absolute atomic E-state index is 12.8. The molecule has 0 aliphatic carbocycles. The Morgan fingerprint density at radius 3 is 2.50 bits per heavy atom. The van der Waals surface area contributed by atoms with Crippen LogP contribution in [0, 0.1) is 11.7 Å². The van der Waals surface area contributed by atoms with Gasteiger partial charge in [0.2, 0.25) is 0 Å². The molecule has 1 atom stereocenters. The second kappa shape index (κ2) is 7.86. The van der Waals surface area contributed by atoms with Gasteiger partial charge in [0.05, 0.1) is 6.61 Å². The van der Waals surface area contributed by atoms with E-state index >= 15 is 0 Å². The number of nitrogens with zero attached hydrogens (tertiary/aromatic N) is 2. The Kier molecular flexibility index (Phi) is 5.59. The Morgan fingerprint density at radius 2 is 1.82 bits per heavy atom. The van der Waals surface area contributed by atoms with E-state index in [4.69, 9.17) is 4.74 Å². The number of piperazine rings is 1. The molecule has 0 amide bonds. The van der Waals surface area contributed by atoms with Crippen LogP contribution in [-0.2, 0) is 4.74 Å². The molecule has 3 rings (SSSR count). The minimum atomic E-state index is -0.180. The summed E-state index contributed by atoms with van der Waals surface area (Å²) in [7, 11) is 0. The zero-order valence-corrected chi connectivity index (χ0v) is 13.1. The van der Waals surface area contributed by atoms with Crippen LogP contribution >= 0.6 is 0 Å². The van der Waals surface area contributed by atoms with E-state index in [1.165, 1.54) is 25.1 Å². The highest BCUT2D eigenvalue weighted by molar-refractivity contribution is 5.48. The first-order chi connectivity index (χ1) is 10.8. The Morgan fingerprint density at radius 1 is 1.09 bits per heavy atom. The van der Waals surface area contributed by atoms with Crippen molar-refractivity contribution in [1.82, 2.24) is 9.80 Å². The van der Waals surface area contributed by atoms with Crippen molar-refractivity contribution in [2.24, 2.45) is 5.92 Å². The summed E-state index contributed by atoms with van der Waals surface area (Å²) in [5.41, 5.74) is 1.06. The predicted octanol–water partition coefficient (Wildman–Crippen LogP) is 2.49. The summed E-state index contributed by atoms with van der Waals surface area (Å²) in [6.45, 7) is 8.61. The molecule has 2 aliphatic heterocycles. The van der Waals surface area contributed by atoms with E-state index in [9.17, 15) is 4.39 Å². The van der Waals surface area contributed by atoms with Crippen molar-refractivity contribution in [1.29, 1.82) is 0 Å². The van der Waals surface area contributed by atoms with Crippen LogP contribution in [0.4, 0.5) is 4.39 Å². The quantitative estimate of drug-likeness (QED) is 0.831. The van der Waals surface area contributed by atoms with Gasteiger partial charge in [-0.2, -0.15) is 0 Å². The molecular weight excluding hydrogens is 279 g/mol. The second-order valence-corrected chi connectivity index (χ2v) is 6.28. The highest BCUT2D eigenvalue weighted by Crippen LogP contribution is 2.15. The molecule has 3 nitrogen and oxygen atoms in total. The number of benzene rings is 1. The van der Waals surface area contributed by atoms with Crippen molar-refractivity contribution < 1.29 is 9.13 Å². The average molecular weight is 304 g/mol. The lowest BCUT2D eigenvalue weighted by atomic mass is 10.1. The van der Waals surface area contributed by atoms with E-state index in [1.807, 2.05) is 12.1 Å². The van der Waals surface area contributed by atoms with Gasteiger partial charge in [0.15, 0.2) is 0 Å². The number of hydrogen-bond acceptors (Lipinski definition) is 3. The van der Waals surface area contributed by atoms with Gasteiger partial charge in [-0.3, -0.25) is 4.90 Å². The van der Waals surface area contributed by atoms with E-state index in [2.05, 4.69) is 22.0 Å². The minimum absolute atomic E-state index is 0.180. The molecule has 2 heterocycles. The third-order valence-electron chi connectivity index (χ3n) is 4.55. The smallest absolute Gasteiger partial charge is 0.123 e. The Balaban J connectivity index is 1.37. The first-order valence-electron chi connectivity index (χ1n) is 8.24. The topological polar surface area (TPSA) is 15.7 Å². The van der Waals surface area contributed by atoms with Crippen molar-refractivity contribution in [2.45, 2.75) is 6.42 Å². The van der Waals surface area contributed by atoms with Crippen LogP contribution in [0.5, 0.6) is 0 Å². The van der Waals surface area contributed by atoms with Gasteiger partial charge in [0.25, 0.3) is 0 Å². The molecule has 0 N–H and O–H groups in total. The van der Waals surface area contributed by atoms with Gasteiger partial charge >= 0.3 is 0 Å². The van der Waals surface area contributed by atoms with Crippen molar-refractivity contribution in [3.63, 3.8) is 0 Å². The molecule has 0 saturated carbocycles. The van der Waals surface area contributed by atoms with Crippen LogP contribution in [0.3, 0.4) is 0 Å². The van der Waals surface area contributed by atoms with E-state index in [-0.39, 0.29) is 5.82 Å². The lowest BCUT2D eigenvalue weighted by Gasteiger charge is -2.35. The third-order valence-corrected chi connectivity index (χ3v) is 4.55. The van der Waals surface area contributed by atoms with Gasteiger partial charge in [0.1, 0.15) is 5.82 Å². The molecule has 0 spiro atoms. The SMILES string of the molecule is Fc1ccc(C=CCN2CCN(CC3CCOC3)CC2)cc1. The van der Waals surface area contributed by atoms with Crippen LogP contribution in [-0.4, -0.2) is 62.3 Å². The molecule has 1 aromatic rings. The molecule has 2 aliphatic rings. The summed E-state index contributed by atoms with van der Waals surface area (Å²) in [5, 5.41) is 0. The Labute approximate surface area is 132 Å². The largest absolute Gasteiger partial charge is 0.381 e. The minimum Gasteiger partial charge on any atom is -0.381 e. The van der Waals surface area contributed by atoms with Gasteiger partial charge in [-0.05, 0) is 30.0 Å². The number of rotatable bonds is 5. The van der Waals surface area contributed by atoms with Gasteiger partial charge < -0.3 is 9.64 Å². The van der Waals surface area contributed by atoms with Crippen LogP contribution < -0.4 is 0 Å². The maximum atomic E-state index is 12.8. The summed E-state index contributed by atoms with van der Waals surface area (Å²) >= 11 is 0. The number of hydrogen-bond donors (Lipinski definition) is 0. The normalized spacial score (nSPS) is 24.3. The molecule has 2 saturated heterocycles. The molecule has 0 aromatic heterocycles. The summed E-state index contributed by atoms with van der Waals surface area (Å²) in [4.78, 5) is 5.04. The highest BCUT2D eigenvalue weighted by Gasteiger charge is 2.22. The maximum Gasteiger partial charge on any atom is 0.123 e. The zero-order chi connectivity index (χ0) is 15.2. The van der Waals surface area contributed by atoms with E-state index in [0.29, 0.717) is 0 Å². The predicted molar refractivity (Wildman–Crippen MR) is 87.2 cm³/mol. The van der Waals surface area contributed by atoms with E-state index in [0.717, 1.165) is 57.4 Å². The molecule has 22 heavy (non-hydrogen) atoms. The number of ether oxygens (including phenoxy) is 1. The fourth-order valence-electron chi connectivity index (χ4n) is 3.16. The van der Waals surface area contributed by atoms with Crippen LogP contribution in [0.25, 0.3) is 6.08 Å². The van der Waals surface area contributed by atoms with E-state index in [1.54, 1.807) is 0 Å². The van der Waals surface area contributed by atoms with Crippen molar-refractivity contribution in [2.75, 3.05) is 52.5 Å². The van der Waals surface area contributed by atoms with Crippen LogP contribution in [0.1, 0.15) is 12.0 Å². The lowest BCUT2D eigenvalue weighted by Crippen LogP contribution is -2.47. The summed E-state index contributed by atoms with van der Waals surface area (Å²) in [6.07, 6.45) is 5.47. The van der Waals surface area contributed by atoms with Crippen LogP contribution in [0.2, 0.25) is 0 Å². The molecule has 4 heteroatoms. The zero-order valence-electron chi connectivity index (χ0n) is 13.1. The summed E-state index contributed by atoms with van der Waals surface area (Å²) in [5.74, 6) is 0.561. The molecule has 120 valence electrons. The van der Waals surface area contributed by atoms with Crippen molar-refractivity contribution in [3.05, 3.63) is 41.7 Å². The monoisotopic (exact) mass is 304 g/mol. The van der Waals surface area contributed by atoms with Gasteiger partial charge in [-0.1, -0.05) is 24.3 Å². The second-order valence-electron chi connectivity index (χ2n) is 6.28. The Hall–Kier alpha value is -1.23.